The molecule has 0 bridgehead atoms. The molecule has 0 saturated carbocycles. The number of carbonyl (C=O) groups is 1. The first-order chi connectivity index (χ1) is 18.9. The second-order valence-corrected chi connectivity index (χ2v) is 10.8. The van der Waals surface area contributed by atoms with Gasteiger partial charge in [0.25, 0.3) is 0 Å². The van der Waals surface area contributed by atoms with Gasteiger partial charge in [-0.05, 0) is 87.6 Å². The van der Waals surface area contributed by atoms with E-state index in [1.165, 1.54) is 5.56 Å². The molecule has 1 aromatic heterocycles. The van der Waals surface area contributed by atoms with Crippen LogP contribution in [-0.2, 0) is 11.3 Å². The highest BCUT2D eigenvalue weighted by Crippen LogP contribution is 2.38. The van der Waals surface area contributed by atoms with Crippen molar-refractivity contribution in [3.05, 3.63) is 64.8 Å². The summed E-state index contributed by atoms with van der Waals surface area (Å²) in [5.74, 6) is 2.52. The molecule has 9 heteroatoms. The number of likely N-dealkylation sites (N-methyl/N-ethyl adjacent to an activating group) is 1. The van der Waals surface area contributed by atoms with E-state index in [0.29, 0.717) is 48.0 Å². The molecule has 2 aliphatic heterocycles. The Morgan fingerprint density at radius 1 is 1.10 bits per heavy atom. The van der Waals surface area contributed by atoms with Gasteiger partial charge in [-0.25, -0.2) is 4.98 Å². The van der Waals surface area contributed by atoms with Crippen molar-refractivity contribution in [3.63, 3.8) is 0 Å². The van der Waals surface area contributed by atoms with Crippen molar-refractivity contribution >= 4 is 40.6 Å². The number of halogens is 1. The minimum Gasteiger partial charge on any atom is -0.492 e. The Balaban J connectivity index is 1.46. The van der Waals surface area contributed by atoms with Gasteiger partial charge < -0.3 is 24.8 Å². The number of anilines is 4. The van der Waals surface area contributed by atoms with Crippen LogP contribution in [0.3, 0.4) is 0 Å². The number of likely N-dealkylation sites (tertiary alicyclic amines) is 1. The van der Waals surface area contributed by atoms with Crippen LogP contribution in [0.25, 0.3) is 0 Å². The molecule has 0 aliphatic carbocycles. The topological polar surface area (TPSA) is 73.8 Å². The Kier molecular flexibility index (Phi) is 8.23. The SMILES string of the molecule is CCOc1cc(C2CCN(C)CC2)ccc1Nc1ncc2c(n1)N(Cc1cccc(Cl)c1)[C@H](CC)C(=O)N2C. The number of nitrogens with zero attached hydrogens (tertiary/aromatic N) is 5. The Hall–Kier alpha value is -3.36. The van der Waals surface area contributed by atoms with Crippen molar-refractivity contribution in [3.8, 4) is 5.75 Å². The largest absolute Gasteiger partial charge is 0.492 e. The number of amides is 1. The van der Waals surface area contributed by atoms with Crippen LogP contribution >= 0.6 is 11.6 Å². The molecule has 5 rings (SSSR count). The predicted molar refractivity (Wildman–Crippen MR) is 158 cm³/mol. The molecule has 39 heavy (non-hydrogen) atoms. The lowest BCUT2D eigenvalue weighted by molar-refractivity contribution is -0.120. The summed E-state index contributed by atoms with van der Waals surface area (Å²) < 4.78 is 6.05. The summed E-state index contributed by atoms with van der Waals surface area (Å²) in [6.07, 6.45) is 4.67. The van der Waals surface area contributed by atoms with Crippen LogP contribution in [0.4, 0.5) is 23.1 Å². The summed E-state index contributed by atoms with van der Waals surface area (Å²) >= 11 is 6.26. The van der Waals surface area contributed by atoms with E-state index in [1.54, 1.807) is 18.1 Å². The molecule has 8 nitrogen and oxygen atoms in total. The molecular weight excluding hydrogens is 512 g/mol. The van der Waals surface area contributed by atoms with Crippen LogP contribution in [0, 0.1) is 0 Å². The minimum absolute atomic E-state index is 0.0273. The lowest BCUT2D eigenvalue weighted by atomic mass is 9.89. The van der Waals surface area contributed by atoms with Crippen LogP contribution in [0.5, 0.6) is 5.75 Å². The van der Waals surface area contributed by atoms with Crippen LogP contribution in [0.1, 0.15) is 50.2 Å². The van der Waals surface area contributed by atoms with Crippen molar-refractivity contribution in [2.45, 2.75) is 51.6 Å². The van der Waals surface area contributed by atoms with Crippen molar-refractivity contribution in [1.29, 1.82) is 0 Å². The van der Waals surface area contributed by atoms with Gasteiger partial charge in [-0.1, -0.05) is 36.7 Å². The van der Waals surface area contributed by atoms with Crippen LogP contribution in [-0.4, -0.2) is 60.6 Å². The third-order valence-corrected chi connectivity index (χ3v) is 7.98. The van der Waals surface area contributed by atoms with E-state index in [-0.39, 0.29) is 11.9 Å². The lowest BCUT2D eigenvalue weighted by Crippen LogP contribution is -2.52. The smallest absolute Gasteiger partial charge is 0.249 e. The summed E-state index contributed by atoms with van der Waals surface area (Å²) in [6, 6.07) is 13.8. The molecular formula is C30H37ClN6O2. The van der Waals surface area contributed by atoms with Gasteiger partial charge in [-0.3, -0.25) is 4.79 Å². The van der Waals surface area contributed by atoms with Gasteiger partial charge in [-0.2, -0.15) is 4.98 Å². The number of hydrogen-bond acceptors (Lipinski definition) is 7. The molecule has 3 aromatic rings. The molecule has 1 fully saturated rings. The number of piperidine rings is 1. The molecule has 206 valence electrons. The molecule has 2 aliphatic rings. The monoisotopic (exact) mass is 548 g/mol. The highest BCUT2D eigenvalue weighted by Gasteiger charge is 2.37. The first-order valence-electron chi connectivity index (χ1n) is 13.8. The standard InChI is InChI=1S/C30H37ClN6O2/c1-5-25-29(38)36(4)26-18-32-30(34-28(26)37(25)19-20-8-7-9-23(31)16-20)33-24-11-10-22(17-27(24)39-6-2)21-12-14-35(3)15-13-21/h7-11,16-18,21,25H,5-6,12-15,19H2,1-4H3,(H,32,33,34)/t25-/m1/s1. The highest BCUT2D eigenvalue weighted by molar-refractivity contribution is 6.30. The minimum atomic E-state index is -0.336. The van der Waals surface area contributed by atoms with Gasteiger partial charge in [0, 0.05) is 18.6 Å². The van der Waals surface area contributed by atoms with Crippen molar-refractivity contribution < 1.29 is 9.53 Å². The Morgan fingerprint density at radius 3 is 2.62 bits per heavy atom. The third kappa shape index (κ3) is 5.82. The molecule has 1 N–H and O–H groups in total. The molecule has 1 amide bonds. The second-order valence-electron chi connectivity index (χ2n) is 10.4. The Morgan fingerprint density at radius 2 is 1.90 bits per heavy atom. The fraction of sp³-hybridized carbons (Fsp3) is 0.433. The normalized spacial score (nSPS) is 18.3. The van der Waals surface area contributed by atoms with Crippen molar-refractivity contribution in [1.82, 2.24) is 14.9 Å². The van der Waals surface area contributed by atoms with E-state index in [4.69, 9.17) is 21.3 Å². The summed E-state index contributed by atoms with van der Waals surface area (Å²) in [5.41, 5.74) is 3.82. The fourth-order valence-corrected chi connectivity index (χ4v) is 5.76. The van der Waals surface area contributed by atoms with Crippen molar-refractivity contribution in [2.75, 3.05) is 48.9 Å². The number of carbonyl (C=O) groups excluding carboxylic acids is 1. The summed E-state index contributed by atoms with van der Waals surface area (Å²) in [4.78, 5) is 28.8. The molecule has 1 atom stereocenters. The van der Waals surface area contributed by atoms with E-state index in [9.17, 15) is 4.79 Å². The van der Waals surface area contributed by atoms with Gasteiger partial charge >= 0.3 is 0 Å². The zero-order valence-electron chi connectivity index (χ0n) is 23.2. The number of aromatic nitrogens is 2. The van der Waals surface area contributed by atoms with Gasteiger partial charge in [-0.15, -0.1) is 0 Å². The Labute approximate surface area is 235 Å². The maximum atomic E-state index is 13.2. The zero-order chi connectivity index (χ0) is 27.5. The lowest BCUT2D eigenvalue weighted by Gasteiger charge is -2.40. The van der Waals surface area contributed by atoms with Gasteiger partial charge in [0.15, 0.2) is 5.82 Å². The number of fused-ring (bicyclic) bond motifs is 1. The third-order valence-electron chi connectivity index (χ3n) is 7.75. The quantitative estimate of drug-likeness (QED) is 0.379. The van der Waals surface area contributed by atoms with Gasteiger partial charge in [0.2, 0.25) is 11.9 Å². The summed E-state index contributed by atoms with van der Waals surface area (Å²) in [6.45, 7) is 7.31. The zero-order valence-corrected chi connectivity index (χ0v) is 23.9. The first-order valence-corrected chi connectivity index (χ1v) is 14.1. The van der Waals surface area contributed by atoms with Crippen LogP contribution in [0.15, 0.2) is 48.7 Å². The summed E-state index contributed by atoms with van der Waals surface area (Å²) in [5, 5.41) is 4.06. The van der Waals surface area contributed by atoms with Crippen LogP contribution < -0.4 is 19.9 Å². The molecule has 0 unspecified atom stereocenters. The average molecular weight is 549 g/mol. The van der Waals surface area contributed by atoms with Gasteiger partial charge in [0.05, 0.1) is 18.5 Å². The number of nitrogens with one attached hydrogen (secondary N) is 1. The molecule has 2 aromatic carbocycles. The maximum absolute atomic E-state index is 13.2. The van der Waals surface area contributed by atoms with Crippen LogP contribution in [0.2, 0.25) is 5.02 Å². The van der Waals surface area contributed by atoms with E-state index >= 15 is 0 Å². The molecule has 3 heterocycles. The van der Waals surface area contributed by atoms with Crippen molar-refractivity contribution in [2.24, 2.45) is 0 Å². The molecule has 1 saturated heterocycles. The number of benzene rings is 2. The fourth-order valence-electron chi connectivity index (χ4n) is 5.54. The average Bonchev–Trinajstić information content (AvgIpc) is 2.93. The number of ether oxygens (including phenoxy) is 1. The maximum Gasteiger partial charge on any atom is 0.249 e. The van der Waals surface area contributed by atoms with E-state index in [1.807, 2.05) is 38.1 Å². The number of rotatable bonds is 8. The van der Waals surface area contributed by atoms with E-state index in [2.05, 4.69) is 45.3 Å². The van der Waals surface area contributed by atoms with E-state index in [0.717, 1.165) is 42.9 Å². The number of hydrogen-bond donors (Lipinski definition) is 1. The first kappa shape index (κ1) is 27.2. The highest BCUT2D eigenvalue weighted by atomic mass is 35.5. The second kappa shape index (κ2) is 11.8. The predicted octanol–water partition coefficient (Wildman–Crippen LogP) is 5.84. The molecule has 0 spiro atoms. The van der Waals surface area contributed by atoms with Gasteiger partial charge in [0.1, 0.15) is 17.5 Å². The molecule has 0 radical (unpaired) electrons. The Bertz CT molecular complexity index is 1330. The summed E-state index contributed by atoms with van der Waals surface area (Å²) in [7, 11) is 3.96. The van der Waals surface area contributed by atoms with E-state index < -0.39 is 0 Å².